The molecule has 1 aliphatic heterocycles. The SMILES string of the molecule is CO[C@]1(C(=O)OCc2ccccc2)C[C@H](OC(C)=O)[C@@H](OC(C)=O)[C@H]([C@H](OC(C)=O)[C@@H](COC(C)=O)OC(C)=O)O1. The molecule has 0 unspecified atom stereocenters. The zero-order valence-corrected chi connectivity index (χ0v) is 23.6. The third kappa shape index (κ3) is 9.83. The highest BCUT2D eigenvalue weighted by atomic mass is 16.7. The fourth-order valence-electron chi connectivity index (χ4n) is 4.17. The first-order chi connectivity index (χ1) is 19.3. The average molecular weight is 583 g/mol. The summed E-state index contributed by atoms with van der Waals surface area (Å²) in [6.07, 6.45) is -8.28. The highest BCUT2D eigenvalue weighted by Gasteiger charge is 2.60. The van der Waals surface area contributed by atoms with Crippen molar-refractivity contribution < 1.29 is 66.7 Å². The van der Waals surface area contributed by atoms with Gasteiger partial charge in [-0.05, 0) is 5.56 Å². The summed E-state index contributed by atoms with van der Waals surface area (Å²) in [6, 6.07) is 8.69. The lowest BCUT2D eigenvalue weighted by atomic mass is 9.90. The molecule has 14 nitrogen and oxygen atoms in total. The highest BCUT2D eigenvalue weighted by Crippen LogP contribution is 2.38. The molecule has 0 aliphatic carbocycles. The maximum Gasteiger partial charge on any atom is 0.367 e. The van der Waals surface area contributed by atoms with Gasteiger partial charge in [0.25, 0.3) is 5.79 Å². The van der Waals surface area contributed by atoms with Crippen molar-refractivity contribution in [2.45, 2.75) is 84.0 Å². The van der Waals surface area contributed by atoms with Gasteiger partial charge in [0.05, 0.1) is 6.42 Å². The molecule has 1 aliphatic rings. The van der Waals surface area contributed by atoms with E-state index in [0.717, 1.165) is 41.7 Å². The van der Waals surface area contributed by atoms with Crippen LogP contribution >= 0.6 is 0 Å². The first kappa shape index (κ1) is 33.2. The Bertz CT molecular complexity index is 1100. The fourth-order valence-corrected chi connectivity index (χ4v) is 4.17. The molecule has 1 aromatic carbocycles. The monoisotopic (exact) mass is 582 g/mol. The van der Waals surface area contributed by atoms with E-state index in [1.54, 1.807) is 30.3 Å². The minimum Gasteiger partial charge on any atom is -0.462 e. The molecule has 6 atom stereocenters. The maximum absolute atomic E-state index is 13.5. The Morgan fingerprint density at radius 1 is 0.829 bits per heavy atom. The van der Waals surface area contributed by atoms with Crippen molar-refractivity contribution in [2.75, 3.05) is 13.7 Å². The van der Waals surface area contributed by atoms with E-state index in [0.29, 0.717) is 5.56 Å². The molecule has 14 heteroatoms. The molecule has 226 valence electrons. The number of rotatable bonds is 12. The van der Waals surface area contributed by atoms with Crippen LogP contribution in [0.2, 0.25) is 0 Å². The molecule has 0 amide bonds. The molecule has 0 radical (unpaired) electrons. The van der Waals surface area contributed by atoms with E-state index in [1.165, 1.54) is 0 Å². The first-order valence-corrected chi connectivity index (χ1v) is 12.5. The van der Waals surface area contributed by atoms with Crippen molar-refractivity contribution in [3.8, 4) is 0 Å². The topological polar surface area (TPSA) is 176 Å². The fraction of sp³-hybridized carbons (Fsp3) is 0.556. The van der Waals surface area contributed by atoms with E-state index < -0.39 is 85.2 Å². The van der Waals surface area contributed by atoms with Crippen LogP contribution in [0.15, 0.2) is 30.3 Å². The number of hydrogen-bond acceptors (Lipinski definition) is 14. The predicted molar refractivity (Wildman–Crippen MR) is 134 cm³/mol. The minimum absolute atomic E-state index is 0.180. The number of benzene rings is 1. The molecule has 2 rings (SSSR count). The number of esters is 6. The average Bonchev–Trinajstić information content (AvgIpc) is 2.89. The van der Waals surface area contributed by atoms with Gasteiger partial charge in [0, 0.05) is 41.7 Å². The Kier molecular flexibility index (Phi) is 12.2. The van der Waals surface area contributed by atoms with E-state index in [4.69, 9.17) is 37.9 Å². The van der Waals surface area contributed by atoms with E-state index in [-0.39, 0.29) is 6.61 Å². The molecule has 1 saturated heterocycles. The number of ether oxygens (including phenoxy) is 8. The summed E-state index contributed by atoms with van der Waals surface area (Å²) in [6.45, 7) is 4.55. The minimum atomic E-state index is -2.28. The van der Waals surface area contributed by atoms with Crippen molar-refractivity contribution in [1.82, 2.24) is 0 Å². The Labute approximate surface area is 236 Å². The van der Waals surface area contributed by atoms with Gasteiger partial charge in [-0.2, -0.15) is 0 Å². The molecule has 1 aromatic rings. The van der Waals surface area contributed by atoms with Crippen LogP contribution in [0.1, 0.15) is 46.6 Å². The van der Waals surface area contributed by atoms with Crippen molar-refractivity contribution in [1.29, 1.82) is 0 Å². The predicted octanol–water partition coefficient (Wildman–Crippen LogP) is 1.15. The molecule has 1 heterocycles. The molecule has 0 spiro atoms. The number of hydrogen-bond donors (Lipinski definition) is 0. The number of carbonyl (C=O) groups is 6. The van der Waals surface area contributed by atoms with Gasteiger partial charge in [0.2, 0.25) is 0 Å². The first-order valence-electron chi connectivity index (χ1n) is 12.5. The zero-order valence-electron chi connectivity index (χ0n) is 23.6. The van der Waals surface area contributed by atoms with Crippen molar-refractivity contribution in [3.63, 3.8) is 0 Å². The van der Waals surface area contributed by atoms with Gasteiger partial charge in [0.1, 0.15) is 25.4 Å². The van der Waals surface area contributed by atoms with Crippen LogP contribution in [0.25, 0.3) is 0 Å². The van der Waals surface area contributed by atoms with Crippen molar-refractivity contribution >= 4 is 35.8 Å². The van der Waals surface area contributed by atoms with Crippen LogP contribution in [0.3, 0.4) is 0 Å². The third-order valence-corrected chi connectivity index (χ3v) is 5.72. The molecule has 1 fully saturated rings. The molecule has 0 aromatic heterocycles. The van der Waals surface area contributed by atoms with E-state index in [9.17, 15) is 28.8 Å². The molecule has 0 N–H and O–H groups in total. The standard InChI is InChI=1S/C27H34O14/c1-15(28)35-14-22(38-17(3)30)24(40-19(5)32)25-23(39-18(4)31)21(37-16(2)29)12-27(34-6,41-25)26(33)36-13-20-10-8-7-9-11-20/h7-11,21-25H,12-14H2,1-6H3/t21-,22+,23+,24+,25+,27+/m0/s1. The normalized spacial score (nSPS) is 23.2. The largest absolute Gasteiger partial charge is 0.462 e. The van der Waals surface area contributed by atoms with Crippen LogP contribution in [0.5, 0.6) is 0 Å². The third-order valence-electron chi connectivity index (χ3n) is 5.72. The number of carbonyl (C=O) groups excluding carboxylic acids is 6. The summed E-state index contributed by atoms with van der Waals surface area (Å²) < 4.78 is 43.5. The molecular formula is C27H34O14. The van der Waals surface area contributed by atoms with Gasteiger partial charge in [-0.25, -0.2) is 4.79 Å². The van der Waals surface area contributed by atoms with Crippen molar-refractivity contribution in [2.24, 2.45) is 0 Å². The van der Waals surface area contributed by atoms with Gasteiger partial charge >= 0.3 is 35.8 Å². The zero-order chi connectivity index (χ0) is 30.7. The second-order valence-electron chi connectivity index (χ2n) is 9.05. The Hall–Kier alpha value is -4.04. The van der Waals surface area contributed by atoms with Gasteiger partial charge in [-0.1, -0.05) is 30.3 Å². The molecule has 0 bridgehead atoms. The van der Waals surface area contributed by atoms with Crippen LogP contribution in [-0.4, -0.2) is 85.8 Å². The number of methoxy groups -OCH3 is 1. The summed E-state index contributed by atoms with van der Waals surface area (Å²) in [5.74, 6) is -7.48. The van der Waals surface area contributed by atoms with Gasteiger partial charge < -0.3 is 37.9 Å². The Morgan fingerprint density at radius 3 is 1.95 bits per heavy atom. The van der Waals surface area contributed by atoms with E-state index in [2.05, 4.69) is 0 Å². The second-order valence-corrected chi connectivity index (χ2v) is 9.05. The summed E-state index contributed by atoms with van der Waals surface area (Å²) in [5, 5.41) is 0. The Balaban J connectivity index is 2.62. The van der Waals surface area contributed by atoms with Gasteiger partial charge in [-0.15, -0.1) is 0 Å². The lowest BCUT2D eigenvalue weighted by molar-refractivity contribution is -0.325. The summed E-state index contributed by atoms with van der Waals surface area (Å²) in [5.41, 5.74) is 0.642. The van der Waals surface area contributed by atoms with Crippen LogP contribution in [0.4, 0.5) is 0 Å². The lowest BCUT2D eigenvalue weighted by Crippen LogP contribution is -2.66. The highest BCUT2D eigenvalue weighted by molar-refractivity contribution is 5.78. The van der Waals surface area contributed by atoms with Gasteiger partial charge in [-0.3, -0.25) is 24.0 Å². The Morgan fingerprint density at radius 2 is 1.44 bits per heavy atom. The summed E-state index contributed by atoms with van der Waals surface area (Å²) >= 11 is 0. The van der Waals surface area contributed by atoms with Gasteiger partial charge in [0.15, 0.2) is 18.3 Å². The summed E-state index contributed by atoms with van der Waals surface area (Å²) in [7, 11) is 1.13. The maximum atomic E-state index is 13.5. The van der Waals surface area contributed by atoms with Crippen LogP contribution in [-0.2, 0) is 73.3 Å². The molecule has 0 saturated carbocycles. The lowest BCUT2D eigenvalue weighted by Gasteiger charge is -2.47. The molecule has 41 heavy (non-hydrogen) atoms. The van der Waals surface area contributed by atoms with E-state index in [1.807, 2.05) is 0 Å². The smallest absolute Gasteiger partial charge is 0.367 e. The van der Waals surface area contributed by atoms with Crippen LogP contribution < -0.4 is 0 Å². The van der Waals surface area contributed by atoms with Crippen molar-refractivity contribution in [3.05, 3.63) is 35.9 Å². The van der Waals surface area contributed by atoms with Crippen LogP contribution in [0, 0.1) is 0 Å². The summed E-state index contributed by atoms with van der Waals surface area (Å²) in [4.78, 5) is 73.3. The quantitative estimate of drug-likeness (QED) is 0.253. The molecular weight excluding hydrogens is 548 g/mol. The second kappa shape index (κ2) is 15.1. The van der Waals surface area contributed by atoms with E-state index >= 15 is 0 Å².